The van der Waals surface area contributed by atoms with Crippen LogP contribution in [0.2, 0.25) is 0 Å². The summed E-state index contributed by atoms with van der Waals surface area (Å²) in [6.45, 7) is 2.92. The zero-order valence-corrected chi connectivity index (χ0v) is 25.3. The van der Waals surface area contributed by atoms with Gasteiger partial charge in [0.05, 0.1) is 18.8 Å². The van der Waals surface area contributed by atoms with Gasteiger partial charge in [0.2, 0.25) is 5.91 Å². The molecule has 47 heavy (non-hydrogen) atoms. The predicted molar refractivity (Wildman–Crippen MR) is 143 cm³/mol. The Morgan fingerprint density at radius 3 is 1.55 bits per heavy atom. The highest BCUT2D eigenvalue weighted by atomic mass is 16.8. The average molecular weight is 690 g/mol. The predicted octanol–water partition coefficient (Wildman–Crippen LogP) is -7.46. The van der Waals surface area contributed by atoms with Crippen molar-refractivity contribution < 1.29 is 98.9 Å². The van der Waals surface area contributed by atoms with Gasteiger partial charge in [0.15, 0.2) is 31.3 Å². The SMILES string of the molecule is CC(=O)N[C@H]1[C@H](O[C@H]2[C@H](O[C@H]3[C@H](O[C@@H]4[C@H](O)[C@@H](O)[C@H](O)O[C@@H]4C(=O)O)O[C@@H](C)[C@H](O)[C@H]3O)O[C@@H](C)[C@H](O)[C@H]2O)O[C@H](CO)[C@H](O)[C@@H]1O. The molecule has 21 heteroatoms. The second kappa shape index (κ2) is 15.4. The molecular weight excluding hydrogens is 646 g/mol. The van der Waals surface area contributed by atoms with E-state index < -0.39 is 141 Å². The number of carboxylic acids is 1. The number of hydrogen-bond donors (Lipinski definition) is 12. The Balaban J connectivity index is 1.64. The van der Waals surface area contributed by atoms with E-state index in [-0.39, 0.29) is 0 Å². The number of aliphatic hydroxyl groups excluding tert-OH is 10. The summed E-state index contributed by atoms with van der Waals surface area (Å²) in [4.78, 5) is 23.7. The van der Waals surface area contributed by atoms with Crippen molar-refractivity contribution in [1.82, 2.24) is 5.32 Å². The lowest BCUT2D eigenvalue weighted by Gasteiger charge is -2.49. The van der Waals surface area contributed by atoms with Gasteiger partial charge < -0.3 is 94.6 Å². The summed E-state index contributed by atoms with van der Waals surface area (Å²) in [7, 11) is 0. The number of amides is 1. The van der Waals surface area contributed by atoms with Crippen molar-refractivity contribution in [3.63, 3.8) is 0 Å². The molecule has 272 valence electrons. The molecule has 0 spiro atoms. The third kappa shape index (κ3) is 7.86. The molecule has 20 atom stereocenters. The Morgan fingerprint density at radius 2 is 1.09 bits per heavy atom. The first-order valence-electron chi connectivity index (χ1n) is 14.8. The van der Waals surface area contributed by atoms with E-state index in [1.54, 1.807) is 0 Å². The molecule has 0 aliphatic carbocycles. The zero-order chi connectivity index (χ0) is 35.1. The number of hydrogen-bond acceptors (Lipinski definition) is 19. The number of aliphatic hydroxyl groups is 10. The summed E-state index contributed by atoms with van der Waals surface area (Å²) >= 11 is 0. The number of carbonyl (C=O) groups is 2. The van der Waals surface area contributed by atoms with E-state index in [0.29, 0.717) is 0 Å². The minimum absolute atomic E-state index is 0.695. The van der Waals surface area contributed by atoms with Gasteiger partial charge >= 0.3 is 5.97 Å². The highest BCUT2D eigenvalue weighted by molar-refractivity contribution is 5.73. The minimum Gasteiger partial charge on any atom is -0.479 e. The summed E-state index contributed by atoms with van der Waals surface area (Å²) < 4.78 is 39.1. The van der Waals surface area contributed by atoms with Crippen LogP contribution in [-0.4, -0.2) is 197 Å². The van der Waals surface area contributed by atoms with Crippen molar-refractivity contribution in [3.05, 3.63) is 0 Å². The van der Waals surface area contributed by atoms with Gasteiger partial charge in [-0.2, -0.15) is 0 Å². The monoisotopic (exact) mass is 689 g/mol. The molecule has 4 aliphatic rings. The van der Waals surface area contributed by atoms with Crippen molar-refractivity contribution in [2.75, 3.05) is 6.61 Å². The summed E-state index contributed by atoms with van der Waals surface area (Å²) in [6, 6.07) is -1.50. The van der Waals surface area contributed by atoms with Gasteiger partial charge in [0.25, 0.3) is 0 Å². The van der Waals surface area contributed by atoms with Crippen molar-refractivity contribution in [2.45, 2.75) is 144 Å². The number of carbonyl (C=O) groups excluding carboxylic acids is 1. The summed E-state index contributed by atoms with van der Waals surface area (Å²) in [5, 5.41) is 116. The van der Waals surface area contributed by atoms with Gasteiger partial charge in [-0.05, 0) is 13.8 Å². The van der Waals surface area contributed by atoms with E-state index >= 15 is 0 Å². The molecular formula is C26H43NO20. The lowest BCUT2D eigenvalue weighted by Crippen LogP contribution is -2.68. The van der Waals surface area contributed by atoms with E-state index in [2.05, 4.69) is 5.32 Å². The molecule has 4 heterocycles. The van der Waals surface area contributed by atoms with Crippen molar-refractivity contribution in [3.8, 4) is 0 Å². The van der Waals surface area contributed by atoms with Crippen LogP contribution >= 0.6 is 0 Å². The van der Waals surface area contributed by atoms with E-state index in [4.69, 9.17) is 33.2 Å². The Hall–Kier alpha value is -1.74. The molecule has 0 bridgehead atoms. The van der Waals surface area contributed by atoms with Crippen molar-refractivity contribution >= 4 is 11.9 Å². The van der Waals surface area contributed by atoms with Crippen LogP contribution in [0.1, 0.15) is 20.8 Å². The molecule has 0 unspecified atom stereocenters. The normalized spacial score (nSPS) is 50.9. The maximum atomic E-state index is 11.9. The molecule has 21 nitrogen and oxygen atoms in total. The second-order valence-electron chi connectivity index (χ2n) is 11.9. The zero-order valence-electron chi connectivity index (χ0n) is 25.3. The molecule has 12 N–H and O–H groups in total. The summed E-state index contributed by atoms with van der Waals surface area (Å²) in [5.74, 6) is -2.41. The summed E-state index contributed by atoms with van der Waals surface area (Å²) in [5.41, 5.74) is 0. The number of carboxylic acid groups (broad SMARTS) is 1. The first kappa shape index (κ1) is 38.1. The molecule has 0 aromatic carbocycles. The van der Waals surface area contributed by atoms with E-state index in [0.717, 1.165) is 6.92 Å². The minimum atomic E-state index is -2.10. The number of aliphatic carboxylic acids is 1. The third-order valence-electron chi connectivity index (χ3n) is 8.50. The van der Waals surface area contributed by atoms with Crippen molar-refractivity contribution in [1.29, 1.82) is 0 Å². The molecule has 0 radical (unpaired) electrons. The van der Waals surface area contributed by atoms with Crippen LogP contribution in [0.5, 0.6) is 0 Å². The van der Waals surface area contributed by atoms with Gasteiger partial charge in [-0.15, -0.1) is 0 Å². The largest absolute Gasteiger partial charge is 0.479 e. The van der Waals surface area contributed by atoms with Crippen LogP contribution in [0.3, 0.4) is 0 Å². The van der Waals surface area contributed by atoms with Crippen LogP contribution in [-0.2, 0) is 42.7 Å². The highest BCUT2D eigenvalue weighted by Crippen LogP contribution is 2.35. The number of ether oxygens (including phenoxy) is 7. The third-order valence-corrected chi connectivity index (χ3v) is 8.50. The first-order chi connectivity index (χ1) is 22.0. The fourth-order valence-electron chi connectivity index (χ4n) is 5.77. The quantitative estimate of drug-likeness (QED) is 0.107. The first-order valence-corrected chi connectivity index (χ1v) is 14.8. The van der Waals surface area contributed by atoms with E-state index in [1.807, 2.05) is 0 Å². The van der Waals surface area contributed by atoms with Gasteiger partial charge in [0.1, 0.15) is 79.3 Å². The maximum absolute atomic E-state index is 11.9. The van der Waals surface area contributed by atoms with Crippen molar-refractivity contribution in [2.24, 2.45) is 0 Å². The molecule has 1 amide bonds. The Kier molecular flexibility index (Phi) is 12.5. The molecule has 0 saturated carbocycles. The second-order valence-corrected chi connectivity index (χ2v) is 11.9. The van der Waals surface area contributed by atoms with Crippen LogP contribution < -0.4 is 5.32 Å². The van der Waals surface area contributed by atoms with Crippen LogP contribution in [0.15, 0.2) is 0 Å². The van der Waals surface area contributed by atoms with Gasteiger partial charge in [-0.1, -0.05) is 0 Å². The van der Waals surface area contributed by atoms with Gasteiger partial charge in [-0.25, -0.2) is 4.79 Å². The smallest absolute Gasteiger partial charge is 0.335 e. The van der Waals surface area contributed by atoms with Crippen LogP contribution in [0, 0.1) is 0 Å². The standard InChI is InChI=1S/C26H43NO20/c1-5-11(31)15(35)20(25(41-5)45-18-16(36)17(37)23(40)44-21(18)22(38)39)47-26-19(14(34)10(30)6(2)42-26)46-24-9(27-7(3)29)13(33)12(32)8(4-28)43-24/h5-6,8-21,23-26,28,30-37,40H,4H2,1-3H3,(H,27,29)(H,38,39)/t5-,6-,8+,9+,10-,11-,12-,13+,14+,15+,16+,17+,18+,19+,20+,21-,23+,24-,25-,26-/m0/s1. The lowest BCUT2D eigenvalue weighted by molar-refractivity contribution is -0.394. The fraction of sp³-hybridized carbons (Fsp3) is 0.923. The van der Waals surface area contributed by atoms with Gasteiger partial charge in [-0.3, -0.25) is 4.79 Å². The average Bonchev–Trinajstić information content (AvgIpc) is 3.01. The maximum Gasteiger partial charge on any atom is 0.335 e. The Labute approximate surface area is 266 Å². The van der Waals surface area contributed by atoms with E-state index in [1.165, 1.54) is 13.8 Å². The molecule has 4 fully saturated rings. The topological polar surface area (TPSA) is 333 Å². The van der Waals surface area contributed by atoms with Crippen LogP contribution in [0.25, 0.3) is 0 Å². The molecule has 4 saturated heterocycles. The Bertz CT molecular complexity index is 1070. The van der Waals surface area contributed by atoms with Gasteiger partial charge in [0, 0.05) is 6.92 Å². The molecule has 0 aromatic heterocycles. The molecule has 4 rings (SSSR count). The molecule has 0 aromatic rings. The highest BCUT2D eigenvalue weighted by Gasteiger charge is 2.56. The number of nitrogens with one attached hydrogen (secondary N) is 1. The fourth-order valence-corrected chi connectivity index (χ4v) is 5.77. The lowest BCUT2D eigenvalue weighted by atomic mass is 9.95. The Morgan fingerprint density at radius 1 is 0.617 bits per heavy atom. The van der Waals surface area contributed by atoms with Crippen LogP contribution in [0.4, 0.5) is 0 Å². The number of rotatable bonds is 9. The van der Waals surface area contributed by atoms with E-state index in [9.17, 15) is 65.8 Å². The summed E-state index contributed by atoms with van der Waals surface area (Å²) in [6.07, 6.45) is -33.6. The molecule has 4 aliphatic heterocycles.